The van der Waals surface area contributed by atoms with Crippen LogP contribution >= 0.6 is 24.0 Å². The highest BCUT2D eigenvalue weighted by Gasteiger charge is 2.32. The molecule has 5 heteroatoms. The molecule has 3 nitrogen and oxygen atoms in total. The number of carbonyl (C=O) groups excluding carboxylic acids is 1. The summed E-state index contributed by atoms with van der Waals surface area (Å²) in [5.74, 6) is 0.0295. The van der Waals surface area contributed by atoms with Gasteiger partial charge in [-0.25, -0.2) is 0 Å². The van der Waals surface area contributed by atoms with Crippen LogP contribution in [0, 0.1) is 0 Å². The van der Waals surface area contributed by atoms with Crippen LogP contribution in [-0.2, 0) is 11.2 Å². The second kappa shape index (κ2) is 4.98. The predicted octanol–water partition coefficient (Wildman–Crippen LogP) is 2.77. The Morgan fingerprint density at radius 3 is 2.95 bits per heavy atom. The molecule has 0 unspecified atom stereocenters. The number of thioether (sulfide) groups is 1. The summed E-state index contributed by atoms with van der Waals surface area (Å²) >= 11 is 6.62. The number of likely N-dealkylation sites (N-methyl/N-ethyl adjacent to an activating group) is 1. The molecule has 3 rings (SSSR count). The Morgan fingerprint density at radius 1 is 1.42 bits per heavy atom. The molecule has 0 N–H and O–H groups in total. The number of amides is 1. The molecule has 1 aromatic rings. The number of benzene rings is 1. The number of hydrogen-bond acceptors (Lipinski definition) is 4. The van der Waals surface area contributed by atoms with E-state index >= 15 is 0 Å². The first kappa shape index (κ1) is 12.7. The summed E-state index contributed by atoms with van der Waals surface area (Å²) in [6, 6.07) is 8.32. The lowest BCUT2D eigenvalue weighted by Crippen LogP contribution is -2.27. The zero-order valence-electron chi connectivity index (χ0n) is 10.6. The SMILES string of the molecule is CCN1C(=O)C(=CN2CCc3ccccc32)SC1=S. The molecule has 0 atom stereocenters. The Kier molecular flexibility index (Phi) is 3.33. The monoisotopic (exact) mass is 290 g/mol. The molecule has 1 saturated heterocycles. The van der Waals surface area contributed by atoms with E-state index in [1.807, 2.05) is 19.2 Å². The van der Waals surface area contributed by atoms with Crippen molar-refractivity contribution in [3.8, 4) is 0 Å². The van der Waals surface area contributed by atoms with Gasteiger partial charge < -0.3 is 4.90 Å². The third-order valence-electron chi connectivity index (χ3n) is 3.39. The Bertz CT molecular complexity index is 583. The highest BCUT2D eigenvalue weighted by atomic mass is 32.2. The van der Waals surface area contributed by atoms with Crippen molar-refractivity contribution in [3.63, 3.8) is 0 Å². The van der Waals surface area contributed by atoms with Crippen LogP contribution in [-0.4, -0.2) is 28.2 Å². The lowest BCUT2D eigenvalue weighted by atomic mass is 10.2. The van der Waals surface area contributed by atoms with Crippen molar-refractivity contribution < 1.29 is 4.79 Å². The molecule has 0 saturated carbocycles. The fourth-order valence-electron chi connectivity index (χ4n) is 2.40. The number of hydrogen-bond donors (Lipinski definition) is 0. The molecule has 2 aliphatic heterocycles. The molecule has 0 aromatic heterocycles. The molecular weight excluding hydrogens is 276 g/mol. The zero-order chi connectivity index (χ0) is 13.4. The fraction of sp³-hybridized carbons (Fsp3) is 0.286. The van der Waals surface area contributed by atoms with Gasteiger partial charge in [0.2, 0.25) is 0 Å². The molecule has 1 amide bonds. The van der Waals surface area contributed by atoms with E-state index in [1.54, 1.807) is 4.90 Å². The van der Waals surface area contributed by atoms with Crippen LogP contribution in [0.5, 0.6) is 0 Å². The largest absolute Gasteiger partial charge is 0.346 e. The zero-order valence-corrected chi connectivity index (χ0v) is 12.3. The second-order valence-electron chi connectivity index (χ2n) is 4.48. The predicted molar refractivity (Wildman–Crippen MR) is 83.2 cm³/mol. The Hall–Kier alpha value is -1.33. The lowest BCUT2D eigenvalue weighted by molar-refractivity contribution is -0.122. The van der Waals surface area contributed by atoms with Gasteiger partial charge in [-0.1, -0.05) is 42.2 Å². The number of thiocarbonyl (C=S) groups is 1. The van der Waals surface area contributed by atoms with Crippen molar-refractivity contribution >= 4 is 39.9 Å². The molecular formula is C14H14N2OS2. The average Bonchev–Trinajstić information content (AvgIpc) is 2.93. The number of nitrogens with zero attached hydrogens (tertiary/aromatic N) is 2. The van der Waals surface area contributed by atoms with E-state index in [0.717, 1.165) is 17.9 Å². The number of anilines is 1. The van der Waals surface area contributed by atoms with E-state index in [0.29, 0.717) is 10.9 Å². The van der Waals surface area contributed by atoms with Crippen LogP contribution in [0.25, 0.3) is 0 Å². The normalized spacial score (nSPS) is 20.6. The third kappa shape index (κ3) is 2.17. The third-order valence-corrected chi connectivity index (χ3v) is 4.75. The van der Waals surface area contributed by atoms with Crippen molar-refractivity contribution in [1.29, 1.82) is 0 Å². The fourth-order valence-corrected chi connectivity index (χ4v) is 3.77. The highest BCUT2D eigenvalue weighted by molar-refractivity contribution is 8.26. The molecule has 2 aliphatic rings. The van der Waals surface area contributed by atoms with Gasteiger partial charge >= 0.3 is 0 Å². The van der Waals surface area contributed by atoms with Crippen molar-refractivity contribution in [2.24, 2.45) is 0 Å². The molecule has 0 bridgehead atoms. The minimum Gasteiger partial charge on any atom is -0.346 e. The van der Waals surface area contributed by atoms with Gasteiger partial charge in [0.05, 0.1) is 4.91 Å². The van der Waals surface area contributed by atoms with Gasteiger partial charge in [0.25, 0.3) is 5.91 Å². The minimum atomic E-state index is 0.0295. The first-order valence-corrected chi connectivity index (χ1v) is 7.53. The first-order valence-electron chi connectivity index (χ1n) is 6.30. The van der Waals surface area contributed by atoms with E-state index in [-0.39, 0.29) is 5.91 Å². The van der Waals surface area contributed by atoms with Crippen LogP contribution < -0.4 is 4.90 Å². The van der Waals surface area contributed by atoms with Gasteiger partial charge in [0.1, 0.15) is 4.32 Å². The van der Waals surface area contributed by atoms with Crippen LogP contribution in [0.4, 0.5) is 5.69 Å². The molecule has 0 aliphatic carbocycles. The molecule has 98 valence electrons. The van der Waals surface area contributed by atoms with E-state index in [9.17, 15) is 4.79 Å². The summed E-state index contributed by atoms with van der Waals surface area (Å²) in [4.78, 5) is 16.7. The molecule has 0 radical (unpaired) electrons. The molecule has 19 heavy (non-hydrogen) atoms. The van der Waals surface area contributed by atoms with Crippen molar-refractivity contribution in [2.45, 2.75) is 13.3 Å². The maximum atomic E-state index is 12.2. The maximum absolute atomic E-state index is 12.2. The van der Waals surface area contributed by atoms with Crippen molar-refractivity contribution in [3.05, 3.63) is 40.9 Å². The first-order chi connectivity index (χ1) is 9.20. The van der Waals surface area contributed by atoms with E-state index in [4.69, 9.17) is 12.2 Å². The topological polar surface area (TPSA) is 23.6 Å². The summed E-state index contributed by atoms with van der Waals surface area (Å²) in [5, 5.41) is 0. The number of para-hydroxylation sites is 1. The number of rotatable bonds is 2. The Balaban J connectivity index is 1.88. The number of fused-ring (bicyclic) bond motifs is 1. The van der Waals surface area contributed by atoms with Crippen LogP contribution in [0.2, 0.25) is 0 Å². The van der Waals surface area contributed by atoms with E-state index in [2.05, 4.69) is 23.1 Å². The minimum absolute atomic E-state index is 0.0295. The van der Waals surface area contributed by atoms with Crippen LogP contribution in [0.3, 0.4) is 0 Å². The smallest absolute Gasteiger partial charge is 0.267 e. The maximum Gasteiger partial charge on any atom is 0.267 e. The van der Waals surface area contributed by atoms with Crippen LogP contribution in [0.1, 0.15) is 12.5 Å². The highest BCUT2D eigenvalue weighted by Crippen LogP contribution is 2.34. The summed E-state index contributed by atoms with van der Waals surface area (Å²) in [7, 11) is 0. The van der Waals surface area contributed by atoms with E-state index < -0.39 is 0 Å². The molecule has 0 spiro atoms. The Morgan fingerprint density at radius 2 is 2.21 bits per heavy atom. The quantitative estimate of drug-likeness (QED) is 0.617. The van der Waals surface area contributed by atoms with Gasteiger partial charge in [-0.15, -0.1) is 0 Å². The summed E-state index contributed by atoms with van der Waals surface area (Å²) in [6.45, 7) is 3.51. The average molecular weight is 290 g/mol. The summed E-state index contributed by atoms with van der Waals surface area (Å²) in [5.41, 5.74) is 2.54. The van der Waals surface area contributed by atoms with Gasteiger partial charge in [0.15, 0.2) is 0 Å². The van der Waals surface area contributed by atoms with Gasteiger partial charge in [0, 0.05) is 25.0 Å². The van der Waals surface area contributed by atoms with Crippen molar-refractivity contribution in [2.75, 3.05) is 18.0 Å². The summed E-state index contributed by atoms with van der Waals surface area (Å²) in [6.07, 6.45) is 2.97. The second-order valence-corrected chi connectivity index (χ2v) is 6.16. The Labute approximate surface area is 122 Å². The van der Waals surface area contributed by atoms with Crippen LogP contribution in [0.15, 0.2) is 35.4 Å². The van der Waals surface area contributed by atoms with E-state index in [1.165, 1.54) is 23.0 Å². The molecule has 2 heterocycles. The standard InChI is InChI=1S/C14H14N2OS2/c1-2-16-13(17)12(19-14(16)18)9-15-8-7-10-5-3-4-6-11(10)15/h3-6,9H,2,7-8H2,1H3. The summed E-state index contributed by atoms with van der Waals surface area (Å²) < 4.78 is 0.659. The molecule has 1 aromatic carbocycles. The van der Waals surface area contributed by atoms with Gasteiger partial charge in [-0.3, -0.25) is 9.69 Å². The lowest BCUT2D eigenvalue weighted by Gasteiger charge is -2.14. The van der Waals surface area contributed by atoms with Crippen molar-refractivity contribution in [1.82, 2.24) is 4.90 Å². The van der Waals surface area contributed by atoms with Gasteiger partial charge in [-0.2, -0.15) is 0 Å². The van der Waals surface area contributed by atoms with Gasteiger partial charge in [-0.05, 0) is 25.0 Å². The number of carbonyl (C=O) groups is 1. The molecule has 1 fully saturated rings.